The van der Waals surface area contributed by atoms with Crippen LogP contribution in [0, 0.1) is 5.92 Å². The number of benzene rings is 1. The molecule has 0 unspecified atom stereocenters. The average Bonchev–Trinajstić information content (AvgIpc) is 2.69. The Kier molecular flexibility index (Phi) is 7.70. The number of halogens is 3. The fourth-order valence-electron chi connectivity index (χ4n) is 3.04. The maximum absolute atomic E-state index is 13.2. The summed E-state index contributed by atoms with van der Waals surface area (Å²) >= 11 is 0. The number of nitrogens with two attached hydrogens (primary N) is 1. The van der Waals surface area contributed by atoms with Gasteiger partial charge in [0.1, 0.15) is 5.82 Å². The van der Waals surface area contributed by atoms with E-state index >= 15 is 0 Å². The predicted octanol–water partition coefficient (Wildman–Crippen LogP) is 3.63. The van der Waals surface area contributed by atoms with E-state index in [2.05, 4.69) is 4.98 Å². The first-order chi connectivity index (χ1) is 14.5. The van der Waals surface area contributed by atoms with Crippen molar-refractivity contribution in [3.63, 3.8) is 0 Å². The number of carbonyl (C=O) groups is 1. The molecule has 0 bridgehead atoms. The number of amides is 1. The molecule has 0 radical (unpaired) electrons. The SMILES string of the molecule is CCCCn1c(N)c(N(CCC(C)C)C(=O)c2ccc(C(F)(F)F)cc2)c(=O)[nH]c1=O. The zero-order chi connectivity index (χ0) is 23.3. The van der Waals surface area contributed by atoms with Crippen LogP contribution < -0.4 is 21.9 Å². The van der Waals surface area contributed by atoms with Gasteiger partial charge in [0, 0.05) is 18.7 Å². The summed E-state index contributed by atoms with van der Waals surface area (Å²) < 4.78 is 39.8. The molecule has 0 fully saturated rings. The van der Waals surface area contributed by atoms with Crippen molar-refractivity contribution >= 4 is 17.4 Å². The van der Waals surface area contributed by atoms with Crippen LogP contribution in [-0.4, -0.2) is 22.0 Å². The molecule has 1 amide bonds. The minimum absolute atomic E-state index is 0.0261. The van der Waals surface area contributed by atoms with E-state index in [-0.39, 0.29) is 36.1 Å². The zero-order valence-electron chi connectivity index (χ0n) is 17.8. The fourth-order valence-corrected chi connectivity index (χ4v) is 3.04. The molecule has 2 rings (SSSR count). The summed E-state index contributed by atoms with van der Waals surface area (Å²) in [7, 11) is 0. The quantitative estimate of drug-likeness (QED) is 0.655. The number of H-pyrrole nitrogens is 1. The van der Waals surface area contributed by atoms with Gasteiger partial charge in [-0.2, -0.15) is 13.2 Å². The second-order valence-corrected chi connectivity index (χ2v) is 7.71. The van der Waals surface area contributed by atoms with Crippen LogP contribution in [-0.2, 0) is 12.7 Å². The third kappa shape index (κ3) is 5.77. The fraction of sp³-hybridized carbons (Fsp3) is 0.476. The zero-order valence-corrected chi connectivity index (χ0v) is 17.8. The number of hydrogen-bond acceptors (Lipinski definition) is 4. The van der Waals surface area contributed by atoms with E-state index in [9.17, 15) is 27.6 Å². The van der Waals surface area contributed by atoms with Crippen molar-refractivity contribution in [3.8, 4) is 0 Å². The summed E-state index contributed by atoms with van der Waals surface area (Å²) in [6.45, 7) is 6.15. The van der Waals surface area contributed by atoms with Gasteiger partial charge in [0.05, 0.1) is 5.56 Å². The minimum atomic E-state index is -4.53. The monoisotopic (exact) mass is 440 g/mol. The van der Waals surface area contributed by atoms with Crippen LogP contribution in [0.4, 0.5) is 24.7 Å². The van der Waals surface area contributed by atoms with Crippen LogP contribution in [0.15, 0.2) is 33.9 Å². The second-order valence-electron chi connectivity index (χ2n) is 7.71. The smallest absolute Gasteiger partial charge is 0.383 e. The van der Waals surface area contributed by atoms with Crippen molar-refractivity contribution in [1.29, 1.82) is 0 Å². The highest BCUT2D eigenvalue weighted by atomic mass is 19.4. The van der Waals surface area contributed by atoms with Gasteiger partial charge >= 0.3 is 11.9 Å². The Hall–Kier alpha value is -3.04. The van der Waals surface area contributed by atoms with Gasteiger partial charge in [-0.3, -0.25) is 19.1 Å². The van der Waals surface area contributed by atoms with Crippen LogP contribution >= 0.6 is 0 Å². The Balaban J connectivity index is 2.55. The predicted molar refractivity (Wildman–Crippen MR) is 113 cm³/mol. The van der Waals surface area contributed by atoms with E-state index in [4.69, 9.17) is 5.73 Å². The molecule has 0 aliphatic rings. The maximum Gasteiger partial charge on any atom is 0.416 e. The molecule has 10 heteroatoms. The number of nitrogens with zero attached hydrogens (tertiary/aromatic N) is 2. The number of anilines is 2. The van der Waals surface area contributed by atoms with Crippen molar-refractivity contribution in [3.05, 3.63) is 56.2 Å². The summed E-state index contributed by atoms with van der Waals surface area (Å²) in [4.78, 5) is 41.3. The molecule has 1 heterocycles. The lowest BCUT2D eigenvalue weighted by Gasteiger charge is -2.25. The van der Waals surface area contributed by atoms with Crippen molar-refractivity contribution in [1.82, 2.24) is 9.55 Å². The average molecular weight is 440 g/mol. The van der Waals surface area contributed by atoms with Crippen molar-refractivity contribution < 1.29 is 18.0 Å². The van der Waals surface area contributed by atoms with E-state index in [1.807, 2.05) is 20.8 Å². The van der Waals surface area contributed by atoms with Crippen LogP contribution in [0.3, 0.4) is 0 Å². The van der Waals surface area contributed by atoms with Gasteiger partial charge in [-0.25, -0.2) is 4.79 Å². The number of aromatic nitrogens is 2. The maximum atomic E-state index is 13.2. The molecule has 7 nitrogen and oxygen atoms in total. The number of nitrogens with one attached hydrogen (secondary N) is 1. The second kappa shape index (κ2) is 9.84. The molecule has 2 aromatic rings. The topological polar surface area (TPSA) is 101 Å². The largest absolute Gasteiger partial charge is 0.416 e. The summed E-state index contributed by atoms with van der Waals surface area (Å²) in [5.74, 6) is -0.646. The molecular weight excluding hydrogens is 413 g/mol. The third-order valence-corrected chi connectivity index (χ3v) is 4.85. The van der Waals surface area contributed by atoms with Crippen molar-refractivity contribution in [2.75, 3.05) is 17.2 Å². The number of carbonyl (C=O) groups excluding carboxylic acids is 1. The summed E-state index contributed by atoms with van der Waals surface area (Å²) in [5, 5.41) is 0. The van der Waals surface area contributed by atoms with Crippen LogP contribution in [0.1, 0.15) is 56.0 Å². The van der Waals surface area contributed by atoms with E-state index in [0.717, 1.165) is 35.6 Å². The van der Waals surface area contributed by atoms with Gasteiger partial charge in [0.25, 0.3) is 11.5 Å². The highest BCUT2D eigenvalue weighted by molar-refractivity contribution is 6.07. The van der Waals surface area contributed by atoms with Gasteiger partial charge in [-0.05, 0) is 43.0 Å². The highest BCUT2D eigenvalue weighted by Crippen LogP contribution is 2.29. The van der Waals surface area contributed by atoms with Crippen LogP contribution in [0.25, 0.3) is 0 Å². The van der Waals surface area contributed by atoms with Gasteiger partial charge < -0.3 is 10.6 Å². The number of unbranched alkanes of at least 4 members (excludes halogenated alkanes) is 1. The molecule has 31 heavy (non-hydrogen) atoms. The normalized spacial score (nSPS) is 11.7. The Morgan fingerprint density at radius 1 is 1.19 bits per heavy atom. The van der Waals surface area contributed by atoms with E-state index in [1.54, 1.807) is 0 Å². The Morgan fingerprint density at radius 3 is 2.32 bits per heavy atom. The number of aromatic amines is 1. The van der Waals surface area contributed by atoms with Crippen molar-refractivity contribution in [2.45, 2.75) is 52.8 Å². The molecule has 0 saturated carbocycles. The number of rotatable bonds is 8. The third-order valence-electron chi connectivity index (χ3n) is 4.85. The molecule has 3 N–H and O–H groups in total. The van der Waals surface area contributed by atoms with Gasteiger partial charge in [-0.1, -0.05) is 27.2 Å². The molecule has 0 saturated heterocycles. The number of hydrogen-bond donors (Lipinski definition) is 2. The first kappa shape index (κ1) is 24.2. The standard InChI is InChI=1S/C21H27F3N4O3/c1-4-5-11-28-17(25)16(18(29)26-20(28)31)27(12-10-13(2)3)19(30)14-6-8-15(9-7-14)21(22,23)24/h6-9,13H,4-5,10-12,25H2,1-3H3,(H,26,29,31). The molecule has 0 atom stereocenters. The molecule has 1 aromatic heterocycles. The summed E-state index contributed by atoms with van der Waals surface area (Å²) in [6.07, 6.45) is -2.61. The summed E-state index contributed by atoms with van der Waals surface area (Å²) in [6, 6.07) is 3.74. The number of alkyl halides is 3. The Labute approximate surface area is 177 Å². The van der Waals surface area contributed by atoms with Crippen LogP contribution in [0.2, 0.25) is 0 Å². The van der Waals surface area contributed by atoms with Gasteiger partial charge in [-0.15, -0.1) is 0 Å². The van der Waals surface area contributed by atoms with Crippen LogP contribution in [0.5, 0.6) is 0 Å². The molecular formula is C21H27F3N4O3. The molecule has 170 valence electrons. The lowest BCUT2D eigenvalue weighted by molar-refractivity contribution is -0.137. The van der Waals surface area contributed by atoms with Crippen molar-refractivity contribution in [2.24, 2.45) is 5.92 Å². The molecule has 0 aliphatic carbocycles. The van der Waals surface area contributed by atoms with E-state index in [1.165, 1.54) is 4.57 Å². The first-order valence-corrected chi connectivity index (χ1v) is 10.1. The molecule has 1 aromatic carbocycles. The van der Waals surface area contributed by atoms with Gasteiger partial charge in [0.15, 0.2) is 5.69 Å². The lowest BCUT2D eigenvalue weighted by atomic mass is 10.1. The Bertz CT molecular complexity index is 1020. The minimum Gasteiger partial charge on any atom is -0.383 e. The molecule has 0 aliphatic heterocycles. The Morgan fingerprint density at radius 2 is 1.81 bits per heavy atom. The van der Waals surface area contributed by atoms with E-state index < -0.39 is 28.9 Å². The van der Waals surface area contributed by atoms with Gasteiger partial charge in [0.2, 0.25) is 0 Å². The highest BCUT2D eigenvalue weighted by Gasteiger charge is 2.31. The lowest BCUT2D eigenvalue weighted by Crippen LogP contribution is -2.42. The molecule has 0 spiro atoms. The first-order valence-electron chi connectivity index (χ1n) is 10.1. The number of nitrogen functional groups attached to an aromatic ring is 1. The summed E-state index contributed by atoms with van der Waals surface area (Å²) in [5.41, 5.74) is 3.54. The van der Waals surface area contributed by atoms with E-state index in [0.29, 0.717) is 12.8 Å².